The molecule has 0 saturated carbocycles. The van der Waals surface area contributed by atoms with Gasteiger partial charge in [0.05, 0.1) is 0 Å². The molecule has 0 spiro atoms. The fourth-order valence-electron chi connectivity index (χ4n) is 2.78. The summed E-state index contributed by atoms with van der Waals surface area (Å²) >= 11 is 0. The molecule has 0 atom stereocenters. The summed E-state index contributed by atoms with van der Waals surface area (Å²) in [6, 6.07) is 7.93. The smallest absolute Gasteiger partial charge is 0.265 e. The molecule has 7 heteroatoms. The van der Waals surface area contributed by atoms with E-state index in [4.69, 9.17) is 0 Å². The fraction of sp³-hybridized carbons (Fsp3) is 0.533. The highest BCUT2D eigenvalue weighted by Gasteiger charge is 2.16. The first-order valence-electron chi connectivity index (χ1n) is 7.44. The van der Waals surface area contributed by atoms with E-state index in [-0.39, 0.29) is 30.7 Å². The van der Waals surface area contributed by atoms with Crippen LogP contribution in [0.1, 0.15) is 23.2 Å². The standard InChI is InChI=1S/C15H22N4O.2ClH/c20-15(17-19-9-1-2-10-19)13-3-5-14(6-4-13)18-11-7-16-8-12-18;;/h3-6,16H,1-2,7-12H2,(H,17,20);2*1H. The predicted molar refractivity (Wildman–Crippen MR) is 94.3 cm³/mol. The average Bonchev–Trinajstić information content (AvgIpc) is 3.01. The Morgan fingerprint density at radius 2 is 1.55 bits per heavy atom. The second kappa shape index (κ2) is 9.20. The molecule has 22 heavy (non-hydrogen) atoms. The van der Waals surface area contributed by atoms with Gasteiger partial charge in [-0.3, -0.25) is 10.2 Å². The van der Waals surface area contributed by atoms with Crippen molar-refractivity contribution in [2.45, 2.75) is 12.8 Å². The van der Waals surface area contributed by atoms with Crippen LogP contribution in [-0.4, -0.2) is 50.2 Å². The number of hydrogen-bond acceptors (Lipinski definition) is 4. The lowest BCUT2D eigenvalue weighted by molar-refractivity contribution is 0.0826. The van der Waals surface area contributed by atoms with Gasteiger partial charge in [-0.05, 0) is 37.1 Å². The van der Waals surface area contributed by atoms with E-state index >= 15 is 0 Å². The SMILES string of the molecule is Cl.Cl.O=C(NN1CCCC1)c1ccc(N2CCNCC2)cc1. The summed E-state index contributed by atoms with van der Waals surface area (Å²) in [4.78, 5) is 14.5. The highest BCUT2D eigenvalue weighted by Crippen LogP contribution is 2.16. The molecule has 0 aromatic heterocycles. The topological polar surface area (TPSA) is 47.6 Å². The van der Waals surface area contributed by atoms with Gasteiger partial charge in [0.25, 0.3) is 5.91 Å². The fourth-order valence-corrected chi connectivity index (χ4v) is 2.78. The van der Waals surface area contributed by atoms with Crippen LogP contribution < -0.4 is 15.6 Å². The molecule has 1 amide bonds. The van der Waals surface area contributed by atoms with Crippen LogP contribution >= 0.6 is 24.8 Å². The molecule has 2 aliphatic heterocycles. The van der Waals surface area contributed by atoms with Crippen molar-refractivity contribution >= 4 is 36.4 Å². The van der Waals surface area contributed by atoms with E-state index in [0.717, 1.165) is 44.8 Å². The van der Waals surface area contributed by atoms with Gasteiger partial charge in [0.15, 0.2) is 0 Å². The molecular formula is C15H24Cl2N4O. The molecule has 124 valence electrons. The van der Waals surface area contributed by atoms with Crippen molar-refractivity contribution in [1.82, 2.24) is 15.8 Å². The minimum atomic E-state index is -0.00115. The molecule has 2 heterocycles. The third-order valence-electron chi connectivity index (χ3n) is 3.98. The van der Waals surface area contributed by atoms with Gasteiger partial charge >= 0.3 is 0 Å². The van der Waals surface area contributed by atoms with Crippen LogP contribution in [0.15, 0.2) is 24.3 Å². The zero-order chi connectivity index (χ0) is 13.8. The van der Waals surface area contributed by atoms with Crippen LogP contribution in [0, 0.1) is 0 Å². The number of anilines is 1. The number of nitrogens with one attached hydrogen (secondary N) is 2. The Kier molecular flexibility index (Phi) is 7.96. The highest BCUT2D eigenvalue weighted by atomic mass is 35.5. The van der Waals surface area contributed by atoms with Crippen molar-refractivity contribution in [1.29, 1.82) is 0 Å². The summed E-state index contributed by atoms with van der Waals surface area (Å²) in [5.74, 6) is -0.00115. The van der Waals surface area contributed by atoms with E-state index in [2.05, 4.69) is 15.6 Å². The maximum atomic E-state index is 12.1. The van der Waals surface area contributed by atoms with E-state index in [1.54, 1.807) is 0 Å². The predicted octanol–water partition coefficient (Wildman–Crippen LogP) is 1.68. The number of hydrazine groups is 1. The average molecular weight is 347 g/mol. The quantitative estimate of drug-likeness (QED) is 0.874. The van der Waals surface area contributed by atoms with E-state index in [1.807, 2.05) is 29.3 Å². The molecule has 2 N–H and O–H groups in total. The van der Waals surface area contributed by atoms with E-state index in [9.17, 15) is 4.79 Å². The molecule has 0 radical (unpaired) electrons. The van der Waals surface area contributed by atoms with Crippen molar-refractivity contribution in [3.05, 3.63) is 29.8 Å². The molecule has 2 saturated heterocycles. The van der Waals surface area contributed by atoms with Gasteiger partial charge in [0.1, 0.15) is 0 Å². The molecule has 1 aromatic rings. The van der Waals surface area contributed by atoms with Crippen LogP contribution in [0.3, 0.4) is 0 Å². The molecule has 0 unspecified atom stereocenters. The Morgan fingerprint density at radius 1 is 0.955 bits per heavy atom. The number of carbonyl (C=O) groups is 1. The Balaban J connectivity index is 0.00000121. The Morgan fingerprint density at radius 3 is 2.14 bits per heavy atom. The van der Waals surface area contributed by atoms with Crippen LogP contribution in [-0.2, 0) is 0 Å². The summed E-state index contributed by atoms with van der Waals surface area (Å²) in [6.07, 6.45) is 2.34. The number of amides is 1. The lowest BCUT2D eigenvalue weighted by Gasteiger charge is -2.29. The van der Waals surface area contributed by atoms with Gasteiger partial charge < -0.3 is 10.2 Å². The Hall–Kier alpha value is -1.01. The molecule has 0 bridgehead atoms. The van der Waals surface area contributed by atoms with Crippen molar-refractivity contribution in [3.8, 4) is 0 Å². The lowest BCUT2D eigenvalue weighted by atomic mass is 10.1. The van der Waals surface area contributed by atoms with Crippen LogP contribution in [0.5, 0.6) is 0 Å². The number of benzene rings is 1. The summed E-state index contributed by atoms with van der Waals surface area (Å²) in [7, 11) is 0. The molecule has 1 aromatic carbocycles. The maximum absolute atomic E-state index is 12.1. The van der Waals surface area contributed by atoms with Crippen LogP contribution in [0.4, 0.5) is 5.69 Å². The van der Waals surface area contributed by atoms with Crippen LogP contribution in [0.2, 0.25) is 0 Å². The molecule has 2 aliphatic rings. The van der Waals surface area contributed by atoms with Crippen molar-refractivity contribution in [3.63, 3.8) is 0 Å². The normalized spacial score (nSPS) is 18.3. The summed E-state index contributed by atoms with van der Waals surface area (Å²) in [5, 5.41) is 5.35. The molecule has 3 rings (SSSR count). The van der Waals surface area contributed by atoms with E-state index < -0.39 is 0 Å². The Labute approximate surface area is 144 Å². The van der Waals surface area contributed by atoms with Crippen molar-refractivity contribution in [2.24, 2.45) is 0 Å². The number of nitrogens with zero attached hydrogens (tertiary/aromatic N) is 2. The minimum absolute atomic E-state index is 0. The number of rotatable bonds is 3. The highest BCUT2D eigenvalue weighted by molar-refractivity contribution is 5.94. The summed E-state index contributed by atoms with van der Waals surface area (Å²) < 4.78 is 0. The number of piperazine rings is 1. The van der Waals surface area contributed by atoms with E-state index in [1.165, 1.54) is 18.5 Å². The third kappa shape index (κ3) is 4.74. The molecule has 2 fully saturated rings. The second-order valence-corrected chi connectivity index (χ2v) is 5.42. The first kappa shape index (κ1) is 19.0. The number of halogens is 2. The zero-order valence-electron chi connectivity index (χ0n) is 12.6. The van der Waals surface area contributed by atoms with Gasteiger partial charge in [-0.15, -0.1) is 24.8 Å². The van der Waals surface area contributed by atoms with E-state index in [0.29, 0.717) is 0 Å². The lowest BCUT2D eigenvalue weighted by Crippen LogP contribution is -2.43. The van der Waals surface area contributed by atoms with Gasteiger partial charge in [-0.25, -0.2) is 5.01 Å². The van der Waals surface area contributed by atoms with Gasteiger partial charge in [0.2, 0.25) is 0 Å². The zero-order valence-corrected chi connectivity index (χ0v) is 14.2. The minimum Gasteiger partial charge on any atom is -0.369 e. The number of hydrogen-bond donors (Lipinski definition) is 2. The van der Waals surface area contributed by atoms with Crippen LogP contribution in [0.25, 0.3) is 0 Å². The van der Waals surface area contributed by atoms with Gasteiger partial charge in [-0.2, -0.15) is 0 Å². The summed E-state index contributed by atoms with van der Waals surface area (Å²) in [6.45, 7) is 6.03. The summed E-state index contributed by atoms with van der Waals surface area (Å²) in [5.41, 5.74) is 4.90. The Bertz CT molecular complexity index is 457. The first-order chi connectivity index (χ1) is 9.83. The first-order valence-corrected chi connectivity index (χ1v) is 7.44. The van der Waals surface area contributed by atoms with Gasteiger partial charge in [0, 0.05) is 50.5 Å². The largest absolute Gasteiger partial charge is 0.369 e. The van der Waals surface area contributed by atoms with Crippen molar-refractivity contribution in [2.75, 3.05) is 44.2 Å². The second-order valence-electron chi connectivity index (χ2n) is 5.42. The number of carbonyl (C=O) groups excluding carboxylic acids is 1. The molecular weight excluding hydrogens is 323 g/mol. The monoisotopic (exact) mass is 346 g/mol. The maximum Gasteiger partial charge on any atom is 0.265 e. The van der Waals surface area contributed by atoms with Crippen molar-refractivity contribution < 1.29 is 4.79 Å². The molecule has 5 nitrogen and oxygen atoms in total. The molecule has 0 aliphatic carbocycles. The van der Waals surface area contributed by atoms with Gasteiger partial charge in [-0.1, -0.05) is 0 Å². The third-order valence-corrected chi connectivity index (χ3v) is 3.98.